The van der Waals surface area contributed by atoms with Gasteiger partial charge in [-0.2, -0.15) is 0 Å². The molecular weight excluding hydrogens is 214 g/mol. The lowest BCUT2D eigenvalue weighted by Gasteiger charge is -2.06. The van der Waals surface area contributed by atoms with Gasteiger partial charge in [-0.05, 0) is 37.3 Å². The summed E-state index contributed by atoms with van der Waals surface area (Å²) in [5.41, 5.74) is 1.10. The average molecular weight is 233 g/mol. The molecule has 1 N–H and O–H groups in total. The van der Waals surface area contributed by atoms with Crippen LogP contribution in [0.1, 0.15) is 25.7 Å². The molecule has 2 rings (SSSR count). The van der Waals surface area contributed by atoms with Crippen molar-refractivity contribution in [3.05, 3.63) is 30.3 Å². The van der Waals surface area contributed by atoms with Crippen molar-refractivity contribution in [2.75, 3.05) is 18.5 Å². The highest BCUT2D eigenvalue weighted by atomic mass is 16.5. The monoisotopic (exact) mass is 233 g/mol. The Labute approximate surface area is 102 Å². The van der Waals surface area contributed by atoms with Crippen LogP contribution in [0.15, 0.2) is 30.3 Å². The van der Waals surface area contributed by atoms with Gasteiger partial charge < -0.3 is 10.1 Å². The second-order valence-corrected chi connectivity index (χ2v) is 4.52. The molecule has 0 heterocycles. The molecule has 0 aromatic heterocycles. The molecule has 3 heteroatoms. The molecule has 0 amide bonds. The zero-order chi connectivity index (χ0) is 11.9. The number of carbonyl (C=O) groups is 1. The van der Waals surface area contributed by atoms with E-state index >= 15 is 0 Å². The van der Waals surface area contributed by atoms with Gasteiger partial charge in [-0.15, -0.1) is 0 Å². The predicted octanol–water partition coefficient (Wildman–Crippen LogP) is 2.83. The number of rotatable bonds is 7. The van der Waals surface area contributed by atoms with Gasteiger partial charge >= 0.3 is 5.97 Å². The summed E-state index contributed by atoms with van der Waals surface area (Å²) in [5.74, 6) is 0.591. The quantitative estimate of drug-likeness (QED) is 0.581. The molecule has 0 radical (unpaired) electrons. The van der Waals surface area contributed by atoms with E-state index in [1.165, 1.54) is 12.8 Å². The maximum atomic E-state index is 11.3. The molecule has 1 aliphatic carbocycles. The Morgan fingerprint density at radius 1 is 1.29 bits per heavy atom. The lowest BCUT2D eigenvalue weighted by molar-refractivity contribution is -0.144. The fourth-order valence-corrected chi connectivity index (χ4v) is 1.59. The Hall–Kier alpha value is -1.51. The summed E-state index contributed by atoms with van der Waals surface area (Å²) in [7, 11) is 0. The third-order valence-corrected chi connectivity index (χ3v) is 2.84. The number of carbonyl (C=O) groups excluding carboxylic acids is 1. The average Bonchev–Trinajstić information content (AvgIpc) is 3.17. The largest absolute Gasteiger partial charge is 0.465 e. The molecule has 1 aliphatic rings. The summed E-state index contributed by atoms with van der Waals surface area (Å²) < 4.78 is 5.15. The third-order valence-electron chi connectivity index (χ3n) is 2.84. The first-order valence-electron chi connectivity index (χ1n) is 6.29. The molecule has 3 nitrogen and oxygen atoms in total. The second kappa shape index (κ2) is 6.28. The van der Waals surface area contributed by atoms with Crippen LogP contribution >= 0.6 is 0 Å². The Bertz CT molecular complexity index is 346. The zero-order valence-corrected chi connectivity index (χ0v) is 10.0. The SMILES string of the molecule is O=C(CCCNc1ccccc1)OCC1CC1. The molecular formula is C14H19NO2. The van der Waals surface area contributed by atoms with Crippen LogP contribution in [-0.4, -0.2) is 19.1 Å². The van der Waals surface area contributed by atoms with Crippen LogP contribution in [0.3, 0.4) is 0 Å². The van der Waals surface area contributed by atoms with Crippen molar-refractivity contribution in [3.8, 4) is 0 Å². The van der Waals surface area contributed by atoms with E-state index in [0.717, 1.165) is 18.7 Å². The van der Waals surface area contributed by atoms with Crippen LogP contribution < -0.4 is 5.32 Å². The second-order valence-electron chi connectivity index (χ2n) is 4.52. The minimum absolute atomic E-state index is 0.0632. The molecule has 0 spiro atoms. The van der Waals surface area contributed by atoms with E-state index in [4.69, 9.17) is 4.74 Å². The van der Waals surface area contributed by atoms with E-state index in [9.17, 15) is 4.79 Å². The third kappa shape index (κ3) is 4.89. The van der Waals surface area contributed by atoms with Crippen molar-refractivity contribution in [2.24, 2.45) is 5.92 Å². The zero-order valence-electron chi connectivity index (χ0n) is 10.0. The number of hydrogen-bond acceptors (Lipinski definition) is 3. The fraction of sp³-hybridized carbons (Fsp3) is 0.500. The van der Waals surface area contributed by atoms with Gasteiger partial charge in [-0.25, -0.2) is 0 Å². The first-order valence-corrected chi connectivity index (χ1v) is 6.29. The molecule has 0 aliphatic heterocycles. The molecule has 92 valence electrons. The summed E-state index contributed by atoms with van der Waals surface area (Å²) in [6, 6.07) is 10.0. The topological polar surface area (TPSA) is 38.3 Å². The highest BCUT2D eigenvalue weighted by molar-refractivity contribution is 5.69. The summed E-state index contributed by atoms with van der Waals surface area (Å²) in [5, 5.41) is 3.27. The van der Waals surface area contributed by atoms with E-state index in [1.807, 2.05) is 30.3 Å². The van der Waals surface area contributed by atoms with Crippen molar-refractivity contribution in [2.45, 2.75) is 25.7 Å². The van der Waals surface area contributed by atoms with Gasteiger partial charge in [-0.1, -0.05) is 18.2 Å². The minimum Gasteiger partial charge on any atom is -0.465 e. The number of benzene rings is 1. The Morgan fingerprint density at radius 3 is 2.76 bits per heavy atom. The molecule has 1 saturated carbocycles. The molecule has 1 aromatic rings. The van der Waals surface area contributed by atoms with Gasteiger partial charge in [0.25, 0.3) is 0 Å². The number of hydrogen-bond donors (Lipinski definition) is 1. The Balaban J connectivity index is 1.51. The van der Waals surface area contributed by atoms with Crippen LogP contribution in [0.5, 0.6) is 0 Å². The minimum atomic E-state index is -0.0632. The van der Waals surface area contributed by atoms with E-state index < -0.39 is 0 Å². The van der Waals surface area contributed by atoms with Crippen molar-refractivity contribution in [1.29, 1.82) is 0 Å². The highest BCUT2D eigenvalue weighted by Crippen LogP contribution is 2.28. The molecule has 1 aromatic carbocycles. The molecule has 0 saturated heterocycles. The van der Waals surface area contributed by atoms with Crippen molar-refractivity contribution in [3.63, 3.8) is 0 Å². The maximum Gasteiger partial charge on any atom is 0.305 e. The van der Waals surface area contributed by atoms with Crippen molar-refractivity contribution >= 4 is 11.7 Å². The molecule has 1 fully saturated rings. The van der Waals surface area contributed by atoms with Crippen LogP contribution in [-0.2, 0) is 9.53 Å². The first-order chi connectivity index (χ1) is 8.34. The predicted molar refractivity (Wildman–Crippen MR) is 67.8 cm³/mol. The normalized spacial score (nSPS) is 14.4. The van der Waals surface area contributed by atoms with Gasteiger partial charge in [0.05, 0.1) is 6.61 Å². The van der Waals surface area contributed by atoms with Crippen LogP contribution in [0, 0.1) is 5.92 Å². The summed E-state index contributed by atoms with van der Waals surface area (Å²) in [4.78, 5) is 11.3. The van der Waals surface area contributed by atoms with E-state index in [1.54, 1.807) is 0 Å². The molecule has 0 unspecified atom stereocenters. The van der Waals surface area contributed by atoms with E-state index in [2.05, 4.69) is 5.32 Å². The summed E-state index contributed by atoms with van der Waals surface area (Å²) >= 11 is 0. The number of esters is 1. The number of ether oxygens (including phenoxy) is 1. The number of anilines is 1. The number of nitrogens with one attached hydrogen (secondary N) is 1. The smallest absolute Gasteiger partial charge is 0.305 e. The van der Waals surface area contributed by atoms with Gasteiger partial charge in [0.2, 0.25) is 0 Å². The van der Waals surface area contributed by atoms with E-state index in [0.29, 0.717) is 18.9 Å². The first kappa shape index (κ1) is 12.0. The van der Waals surface area contributed by atoms with Crippen LogP contribution in [0.25, 0.3) is 0 Å². The van der Waals surface area contributed by atoms with Crippen LogP contribution in [0.4, 0.5) is 5.69 Å². The molecule has 0 bridgehead atoms. The standard InChI is InChI=1S/C14H19NO2/c16-14(17-11-12-8-9-12)7-4-10-15-13-5-2-1-3-6-13/h1-3,5-6,12,15H,4,7-11H2. The summed E-state index contributed by atoms with van der Waals surface area (Å²) in [6.07, 6.45) is 3.77. The van der Waals surface area contributed by atoms with Gasteiger partial charge in [0, 0.05) is 18.7 Å². The van der Waals surface area contributed by atoms with Gasteiger partial charge in [0.1, 0.15) is 0 Å². The summed E-state index contributed by atoms with van der Waals surface area (Å²) in [6.45, 7) is 1.44. The maximum absolute atomic E-state index is 11.3. The molecule has 0 atom stereocenters. The Morgan fingerprint density at radius 2 is 2.06 bits per heavy atom. The fourth-order valence-electron chi connectivity index (χ4n) is 1.59. The lowest BCUT2D eigenvalue weighted by Crippen LogP contribution is -2.09. The molecule has 17 heavy (non-hydrogen) atoms. The van der Waals surface area contributed by atoms with Gasteiger partial charge in [0.15, 0.2) is 0 Å². The number of para-hydroxylation sites is 1. The van der Waals surface area contributed by atoms with Crippen molar-refractivity contribution < 1.29 is 9.53 Å². The van der Waals surface area contributed by atoms with E-state index in [-0.39, 0.29) is 5.97 Å². The highest BCUT2D eigenvalue weighted by Gasteiger charge is 2.22. The lowest BCUT2D eigenvalue weighted by atomic mass is 10.3. The van der Waals surface area contributed by atoms with Gasteiger partial charge in [-0.3, -0.25) is 4.79 Å². The van der Waals surface area contributed by atoms with Crippen LogP contribution in [0.2, 0.25) is 0 Å². The van der Waals surface area contributed by atoms with Crippen molar-refractivity contribution in [1.82, 2.24) is 0 Å². The Kier molecular flexibility index (Phi) is 4.42.